The summed E-state index contributed by atoms with van der Waals surface area (Å²) in [6.07, 6.45) is 7.56. The van der Waals surface area contributed by atoms with Crippen LogP contribution in [-0.2, 0) is 28.7 Å². The molecule has 0 radical (unpaired) electrons. The molecule has 0 bridgehead atoms. The van der Waals surface area contributed by atoms with Crippen molar-refractivity contribution in [1.82, 2.24) is 15.5 Å². The standard InChI is InChI=1S/C21H33N3O6S2/c25-18(4-2-1-3-17-8-16-31-32-17)22-9-12-29-14-15-30-13-10-23-19(26)7-11-24-20(27)5-6-21(24)28/h5-6,17H,1-4,7-16H2,(H,22,25)(H,23,26). The van der Waals surface area contributed by atoms with Crippen LogP contribution in [0.15, 0.2) is 12.2 Å². The number of unbranched alkanes of at least 4 members (excludes halogenated alkanes) is 1. The van der Waals surface area contributed by atoms with Crippen molar-refractivity contribution in [2.24, 2.45) is 0 Å². The van der Waals surface area contributed by atoms with Crippen molar-refractivity contribution in [3.05, 3.63) is 12.2 Å². The van der Waals surface area contributed by atoms with Crippen molar-refractivity contribution in [3.63, 3.8) is 0 Å². The number of nitrogens with zero attached hydrogens (tertiary/aromatic N) is 1. The normalized spacial score (nSPS) is 17.9. The molecule has 1 unspecified atom stereocenters. The first-order valence-electron chi connectivity index (χ1n) is 11.1. The number of carbonyl (C=O) groups excluding carboxylic acids is 4. The lowest BCUT2D eigenvalue weighted by atomic mass is 10.1. The Kier molecular flexibility index (Phi) is 13.4. The van der Waals surface area contributed by atoms with Gasteiger partial charge in [-0.1, -0.05) is 28.0 Å². The molecule has 0 aromatic carbocycles. The maximum Gasteiger partial charge on any atom is 0.253 e. The van der Waals surface area contributed by atoms with E-state index in [-0.39, 0.29) is 36.6 Å². The van der Waals surface area contributed by atoms with Gasteiger partial charge in [-0.3, -0.25) is 24.1 Å². The van der Waals surface area contributed by atoms with E-state index in [2.05, 4.69) is 10.6 Å². The third kappa shape index (κ3) is 11.3. The van der Waals surface area contributed by atoms with Crippen LogP contribution in [-0.4, -0.2) is 85.6 Å². The lowest BCUT2D eigenvalue weighted by molar-refractivity contribution is -0.137. The van der Waals surface area contributed by atoms with Crippen LogP contribution in [0.3, 0.4) is 0 Å². The van der Waals surface area contributed by atoms with Crippen LogP contribution in [0.25, 0.3) is 0 Å². The fraction of sp³-hybridized carbons (Fsp3) is 0.714. The third-order valence-electron chi connectivity index (χ3n) is 4.88. The smallest absolute Gasteiger partial charge is 0.253 e. The number of hydrogen-bond donors (Lipinski definition) is 2. The van der Waals surface area contributed by atoms with E-state index in [1.54, 1.807) is 0 Å². The molecule has 0 aromatic rings. The minimum absolute atomic E-state index is 0.0622. The molecule has 9 nitrogen and oxygen atoms in total. The lowest BCUT2D eigenvalue weighted by Gasteiger charge is -2.13. The number of imide groups is 1. The van der Waals surface area contributed by atoms with Gasteiger partial charge in [0, 0.05) is 55.6 Å². The van der Waals surface area contributed by atoms with Gasteiger partial charge >= 0.3 is 0 Å². The fourth-order valence-corrected chi connectivity index (χ4v) is 6.14. The van der Waals surface area contributed by atoms with Crippen molar-refractivity contribution < 1.29 is 28.7 Å². The highest BCUT2D eigenvalue weighted by molar-refractivity contribution is 8.77. The molecule has 2 N–H and O–H groups in total. The van der Waals surface area contributed by atoms with Crippen LogP contribution < -0.4 is 10.6 Å². The van der Waals surface area contributed by atoms with E-state index in [1.165, 1.54) is 30.7 Å². The summed E-state index contributed by atoms with van der Waals surface area (Å²) in [6, 6.07) is 0. The van der Waals surface area contributed by atoms with Crippen LogP contribution in [0.1, 0.15) is 38.5 Å². The number of amides is 4. The summed E-state index contributed by atoms with van der Waals surface area (Å²) in [5.74, 6) is 0.300. The van der Waals surface area contributed by atoms with Crippen molar-refractivity contribution >= 4 is 45.2 Å². The van der Waals surface area contributed by atoms with Gasteiger partial charge < -0.3 is 20.1 Å². The van der Waals surface area contributed by atoms with Crippen LogP contribution in [0.4, 0.5) is 0 Å². The molecule has 4 amide bonds. The largest absolute Gasteiger partial charge is 0.377 e. The molecule has 180 valence electrons. The molecule has 2 heterocycles. The first-order valence-corrected chi connectivity index (χ1v) is 13.4. The summed E-state index contributed by atoms with van der Waals surface area (Å²) in [7, 11) is 3.94. The Morgan fingerprint density at radius 2 is 1.56 bits per heavy atom. The summed E-state index contributed by atoms with van der Waals surface area (Å²) in [5, 5.41) is 6.30. The fourth-order valence-electron chi connectivity index (χ4n) is 3.11. The van der Waals surface area contributed by atoms with Gasteiger partial charge in [-0.15, -0.1) is 0 Å². The zero-order valence-electron chi connectivity index (χ0n) is 18.3. The topological polar surface area (TPSA) is 114 Å². The molecule has 1 atom stereocenters. The molecule has 0 spiro atoms. The zero-order chi connectivity index (χ0) is 23.0. The Morgan fingerprint density at radius 1 is 0.938 bits per heavy atom. The van der Waals surface area contributed by atoms with Gasteiger partial charge in [0.15, 0.2) is 0 Å². The van der Waals surface area contributed by atoms with E-state index in [4.69, 9.17) is 9.47 Å². The minimum Gasteiger partial charge on any atom is -0.377 e. The highest BCUT2D eigenvalue weighted by Crippen LogP contribution is 2.39. The molecule has 2 rings (SSSR count). The van der Waals surface area contributed by atoms with Crippen molar-refractivity contribution in [1.29, 1.82) is 0 Å². The summed E-state index contributed by atoms with van der Waals surface area (Å²) in [4.78, 5) is 47.3. The first kappa shape index (κ1) is 26.7. The van der Waals surface area contributed by atoms with Crippen LogP contribution in [0.5, 0.6) is 0 Å². The second kappa shape index (κ2) is 16.1. The Hall–Kier alpha value is -1.56. The molecule has 32 heavy (non-hydrogen) atoms. The van der Waals surface area contributed by atoms with Crippen molar-refractivity contribution in [3.8, 4) is 0 Å². The van der Waals surface area contributed by atoms with E-state index in [0.29, 0.717) is 45.9 Å². The molecule has 0 aliphatic carbocycles. The maximum absolute atomic E-state index is 11.8. The molecular weight excluding hydrogens is 454 g/mol. The summed E-state index contributed by atoms with van der Waals surface area (Å²) >= 11 is 0. The number of nitrogens with one attached hydrogen (secondary N) is 2. The molecule has 2 aliphatic rings. The molecule has 2 aliphatic heterocycles. The van der Waals surface area contributed by atoms with Crippen LogP contribution in [0, 0.1) is 0 Å². The van der Waals surface area contributed by atoms with Gasteiger partial charge in [0.2, 0.25) is 11.8 Å². The SMILES string of the molecule is O=C(CCCCC1CCSS1)NCCOCCOCCNC(=O)CCN1C(=O)C=CC1=O. The number of carbonyl (C=O) groups is 4. The summed E-state index contributed by atoms with van der Waals surface area (Å²) < 4.78 is 10.8. The maximum atomic E-state index is 11.8. The molecule has 0 aromatic heterocycles. The Morgan fingerprint density at radius 3 is 2.16 bits per heavy atom. The number of ether oxygens (including phenoxy) is 2. The molecule has 1 saturated heterocycles. The van der Waals surface area contributed by atoms with E-state index in [9.17, 15) is 19.2 Å². The van der Waals surface area contributed by atoms with E-state index >= 15 is 0 Å². The van der Waals surface area contributed by atoms with Crippen LogP contribution in [0.2, 0.25) is 0 Å². The van der Waals surface area contributed by atoms with Crippen molar-refractivity contribution in [2.45, 2.75) is 43.8 Å². The lowest BCUT2D eigenvalue weighted by Crippen LogP contribution is -2.35. The van der Waals surface area contributed by atoms with Gasteiger partial charge in [-0.2, -0.15) is 0 Å². The molecule has 0 saturated carbocycles. The molecular formula is C21H33N3O6S2. The molecule has 11 heteroatoms. The number of hydrogen-bond acceptors (Lipinski definition) is 8. The van der Waals surface area contributed by atoms with Gasteiger partial charge in [0.25, 0.3) is 11.8 Å². The number of rotatable bonds is 17. The van der Waals surface area contributed by atoms with Gasteiger partial charge in [0.05, 0.1) is 26.4 Å². The Bertz CT molecular complexity index is 637. The van der Waals surface area contributed by atoms with Crippen molar-refractivity contribution in [2.75, 3.05) is 51.8 Å². The quantitative estimate of drug-likeness (QED) is 0.179. The first-order chi connectivity index (χ1) is 15.6. The average Bonchev–Trinajstić information content (AvgIpc) is 3.41. The summed E-state index contributed by atoms with van der Waals surface area (Å²) in [5.41, 5.74) is 0. The average molecular weight is 488 g/mol. The zero-order valence-corrected chi connectivity index (χ0v) is 20.0. The Labute approximate surface area is 197 Å². The predicted octanol–water partition coefficient (Wildman–Crippen LogP) is 1.28. The van der Waals surface area contributed by atoms with E-state index in [0.717, 1.165) is 23.0 Å². The molecule has 1 fully saturated rings. The third-order valence-corrected chi connectivity index (χ3v) is 7.89. The van der Waals surface area contributed by atoms with Crippen LogP contribution >= 0.6 is 21.6 Å². The predicted molar refractivity (Wildman–Crippen MR) is 125 cm³/mol. The second-order valence-electron chi connectivity index (χ2n) is 7.41. The van der Waals surface area contributed by atoms with E-state index < -0.39 is 0 Å². The van der Waals surface area contributed by atoms with E-state index in [1.807, 2.05) is 21.6 Å². The highest BCUT2D eigenvalue weighted by atomic mass is 33.1. The van der Waals surface area contributed by atoms with Gasteiger partial charge in [-0.25, -0.2) is 0 Å². The minimum atomic E-state index is -0.390. The monoisotopic (exact) mass is 487 g/mol. The highest BCUT2D eigenvalue weighted by Gasteiger charge is 2.23. The summed E-state index contributed by atoms with van der Waals surface area (Å²) in [6.45, 7) is 2.48. The Balaban J connectivity index is 1.30. The van der Waals surface area contributed by atoms with Gasteiger partial charge in [0.1, 0.15) is 0 Å². The van der Waals surface area contributed by atoms with Gasteiger partial charge in [-0.05, 0) is 19.3 Å². The second-order valence-corrected chi connectivity index (χ2v) is 10.2.